The van der Waals surface area contributed by atoms with Crippen molar-refractivity contribution < 1.29 is 18.9 Å². The van der Waals surface area contributed by atoms with Gasteiger partial charge in [-0.3, -0.25) is 0 Å². The highest BCUT2D eigenvalue weighted by atomic mass is 35.5. The molecule has 0 fully saturated rings. The van der Waals surface area contributed by atoms with Gasteiger partial charge in [-0.2, -0.15) is 0 Å². The van der Waals surface area contributed by atoms with E-state index >= 15 is 0 Å². The van der Waals surface area contributed by atoms with Crippen molar-refractivity contribution in [3.63, 3.8) is 0 Å². The predicted molar refractivity (Wildman–Crippen MR) is 106 cm³/mol. The van der Waals surface area contributed by atoms with E-state index in [1.807, 2.05) is 62.4 Å². The number of rotatable bonds is 10. The van der Waals surface area contributed by atoms with Crippen LogP contribution in [-0.4, -0.2) is 33.5 Å². The molecule has 0 spiro atoms. The van der Waals surface area contributed by atoms with Crippen molar-refractivity contribution in [2.24, 2.45) is 0 Å². The third-order valence-corrected chi connectivity index (χ3v) is 3.89. The average Bonchev–Trinajstić information content (AvgIpc) is 2.63. The number of ether oxygens (including phenoxy) is 4. The minimum atomic E-state index is 0.444. The Balaban J connectivity index is 1.67. The van der Waals surface area contributed by atoms with Crippen molar-refractivity contribution in [3.05, 3.63) is 58.6 Å². The van der Waals surface area contributed by atoms with E-state index in [0.717, 1.165) is 16.9 Å². The first kappa shape index (κ1) is 20.1. The molecule has 0 aliphatic heterocycles. The molecule has 2 aromatic rings. The lowest BCUT2D eigenvalue weighted by molar-refractivity contribution is 0.0756. The van der Waals surface area contributed by atoms with Crippen molar-refractivity contribution in [3.8, 4) is 17.2 Å². The molecular formula is C21H25ClO4. The largest absolute Gasteiger partial charge is 0.493 e. The maximum absolute atomic E-state index is 5.93. The molecule has 0 radical (unpaired) electrons. The first-order chi connectivity index (χ1) is 12.6. The second-order valence-electron chi connectivity index (χ2n) is 5.63. The molecule has 140 valence electrons. The van der Waals surface area contributed by atoms with Crippen LogP contribution in [0.2, 0.25) is 5.02 Å². The average molecular weight is 377 g/mol. The van der Waals surface area contributed by atoms with Gasteiger partial charge in [-0.1, -0.05) is 29.8 Å². The molecule has 2 aromatic carbocycles. The van der Waals surface area contributed by atoms with Crippen LogP contribution in [0.1, 0.15) is 18.1 Å². The van der Waals surface area contributed by atoms with Gasteiger partial charge in [0.2, 0.25) is 0 Å². The number of halogens is 1. The number of methoxy groups -OCH3 is 1. The fourth-order valence-corrected chi connectivity index (χ4v) is 2.62. The number of aryl methyl sites for hydroxylation is 1. The molecule has 0 unspecified atom stereocenters. The molecule has 0 atom stereocenters. The highest BCUT2D eigenvalue weighted by Gasteiger charge is 2.05. The second-order valence-corrected chi connectivity index (χ2v) is 6.07. The summed E-state index contributed by atoms with van der Waals surface area (Å²) in [7, 11) is 1.63. The molecule has 0 N–H and O–H groups in total. The van der Waals surface area contributed by atoms with Gasteiger partial charge in [-0.25, -0.2) is 0 Å². The summed E-state index contributed by atoms with van der Waals surface area (Å²) in [4.78, 5) is 0. The smallest absolute Gasteiger partial charge is 0.161 e. The summed E-state index contributed by atoms with van der Waals surface area (Å²) < 4.78 is 22.3. The van der Waals surface area contributed by atoms with Crippen LogP contribution in [0.25, 0.3) is 6.08 Å². The van der Waals surface area contributed by atoms with Gasteiger partial charge >= 0.3 is 0 Å². The Morgan fingerprint density at radius 3 is 2.23 bits per heavy atom. The Hall–Kier alpha value is -2.17. The van der Waals surface area contributed by atoms with E-state index in [-0.39, 0.29) is 0 Å². The Bertz CT molecular complexity index is 728. The lowest BCUT2D eigenvalue weighted by Gasteiger charge is -2.12. The summed E-state index contributed by atoms with van der Waals surface area (Å²) in [6, 6.07) is 11.4. The van der Waals surface area contributed by atoms with Gasteiger partial charge in [0.15, 0.2) is 11.5 Å². The zero-order valence-electron chi connectivity index (χ0n) is 15.5. The zero-order valence-corrected chi connectivity index (χ0v) is 16.2. The Morgan fingerprint density at radius 2 is 1.58 bits per heavy atom. The summed E-state index contributed by atoms with van der Waals surface area (Å²) >= 11 is 5.93. The molecule has 0 aliphatic rings. The first-order valence-electron chi connectivity index (χ1n) is 8.54. The van der Waals surface area contributed by atoms with Crippen LogP contribution in [-0.2, 0) is 4.74 Å². The SMILES string of the molecule is CC=Cc1ccc(OCCOCCOc2ccc(Cl)cc2C)c(OC)c1. The van der Waals surface area contributed by atoms with E-state index in [9.17, 15) is 0 Å². The third kappa shape index (κ3) is 6.28. The lowest BCUT2D eigenvalue weighted by Crippen LogP contribution is -2.12. The van der Waals surface area contributed by atoms with Crippen LogP contribution in [0.5, 0.6) is 17.2 Å². The van der Waals surface area contributed by atoms with E-state index in [2.05, 4.69) is 0 Å². The summed E-state index contributed by atoms with van der Waals surface area (Å²) in [5.41, 5.74) is 2.08. The number of allylic oxidation sites excluding steroid dienone is 1. The standard InChI is InChI=1S/C21H25ClO4/c1-4-5-17-6-8-20(21(15-17)23-3)26-13-11-24-10-12-25-19-9-7-18(22)14-16(19)2/h4-9,14-15H,10-13H2,1-3H3. The fraction of sp³-hybridized carbons (Fsp3) is 0.333. The molecule has 5 heteroatoms. The van der Waals surface area contributed by atoms with Crippen LogP contribution in [0.15, 0.2) is 42.5 Å². The quantitative estimate of drug-likeness (QED) is 0.536. The molecule has 4 nitrogen and oxygen atoms in total. The van der Waals surface area contributed by atoms with Crippen LogP contribution in [0.3, 0.4) is 0 Å². The Kier molecular flexibility index (Phi) is 8.32. The summed E-state index contributed by atoms with van der Waals surface area (Å²) in [5.74, 6) is 2.24. The van der Waals surface area contributed by atoms with E-state index in [0.29, 0.717) is 42.9 Å². The van der Waals surface area contributed by atoms with Gasteiger partial charge in [0.1, 0.15) is 19.0 Å². The Morgan fingerprint density at radius 1 is 0.885 bits per heavy atom. The van der Waals surface area contributed by atoms with Gasteiger partial charge in [0.05, 0.1) is 20.3 Å². The predicted octanol–water partition coefficient (Wildman–Crippen LogP) is 5.16. The Labute approximate surface area is 160 Å². The van der Waals surface area contributed by atoms with Gasteiger partial charge < -0.3 is 18.9 Å². The molecular weight excluding hydrogens is 352 g/mol. The minimum Gasteiger partial charge on any atom is -0.493 e. The van der Waals surface area contributed by atoms with E-state index in [4.69, 9.17) is 30.5 Å². The van der Waals surface area contributed by atoms with Gasteiger partial charge in [-0.15, -0.1) is 0 Å². The molecule has 26 heavy (non-hydrogen) atoms. The van der Waals surface area contributed by atoms with E-state index < -0.39 is 0 Å². The zero-order chi connectivity index (χ0) is 18.8. The summed E-state index contributed by atoms with van der Waals surface area (Å²) in [6.45, 7) is 5.83. The van der Waals surface area contributed by atoms with Crippen molar-refractivity contribution in [2.45, 2.75) is 13.8 Å². The van der Waals surface area contributed by atoms with Gasteiger partial charge in [0, 0.05) is 5.02 Å². The highest BCUT2D eigenvalue weighted by Crippen LogP contribution is 2.28. The normalized spacial score (nSPS) is 10.9. The highest BCUT2D eigenvalue weighted by molar-refractivity contribution is 6.30. The van der Waals surface area contributed by atoms with Crippen molar-refractivity contribution in [2.75, 3.05) is 33.5 Å². The van der Waals surface area contributed by atoms with Gasteiger partial charge in [-0.05, 0) is 55.3 Å². The monoisotopic (exact) mass is 376 g/mol. The molecule has 0 saturated carbocycles. The molecule has 0 amide bonds. The first-order valence-corrected chi connectivity index (χ1v) is 8.92. The van der Waals surface area contributed by atoms with Crippen molar-refractivity contribution in [1.82, 2.24) is 0 Å². The molecule has 0 heterocycles. The van der Waals surface area contributed by atoms with E-state index in [1.54, 1.807) is 7.11 Å². The number of hydrogen-bond acceptors (Lipinski definition) is 4. The molecule has 0 saturated heterocycles. The van der Waals surface area contributed by atoms with Gasteiger partial charge in [0.25, 0.3) is 0 Å². The van der Waals surface area contributed by atoms with Crippen molar-refractivity contribution in [1.29, 1.82) is 0 Å². The van der Waals surface area contributed by atoms with Crippen molar-refractivity contribution >= 4 is 17.7 Å². The minimum absolute atomic E-state index is 0.444. The molecule has 0 aromatic heterocycles. The molecule has 0 aliphatic carbocycles. The van der Waals surface area contributed by atoms with Crippen LogP contribution in [0, 0.1) is 6.92 Å². The third-order valence-electron chi connectivity index (χ3n) is 3.65. The fourth-order valence-electron chi connectivity index (χ4n) is 2.40. The van der Waals surface area contributed by atoms with Crippen LogP contribution in [0.4, 0.5) is 0 Å². The van der Waals surface area contributed by atoms with Crippen LogP contribution < -0.4 is 14.2 Å². The summed E-state index contributed by atoms with van der Waals surface area (Å²) in [5, 5.41) is 0.706. The number of hydrogen-bond donors (Lipinski definition) is 0. The maximum atomic E-state index is 5.93. The molecule has 0 bridgehead atoms. The van der Waals surface area contributed by atoms with E-state index in [1.165, 1.54) is 0 Å². The van der Waals surface area contributed by atoms with Crippen LogP contribution >= 0.6 is 11.6 Å². The second kappa shape index (κ2) is 10.7. The topological polar surface area (TPSA) is 36.9 Å². The molecule has 2 rings (SSSR count). The summed E-state index contributed by atoms with van der Waals surface area (Å²) in [6.07, 6.45) is 3.99. The maximum Gasteiger partial charge on any atom is 0.161 e. The lowest BCUT2D eigenvalue weighted by atomic mass is 10.2. The number of benzene rings is 2.